The lowest BCUT2D eigenvalue weighted by Gasteiger charge is -2.25. The average molecular weight is 412 g/mol. The zero-order valence-electron chi connectivity index (χ0n) is 18.1. The molecule has 5 nitrogen and oxygen atoms in total. The molecule has 0 aliphatic heterocycles. The summed E-state index contributed by atoms with van der Waals surface area (Å²) in [6.45, 7) is 1.64. The Labute approximate surface area is 184 Å². The van der Waals surface area contributed by atoms with Gasteiger partial charge in [0.05, 0.1) is 11.4 Å². The van der Waals surface area contributed by atoms with E-state index in [0.29, 0.717) is 6.04 Å². The first-order valence-corrected chi connectivity index (χ1v) is 10.7. The Bertz CT molecular complexity index is 1060. The van der Waals surface area contributed by atoms with Gasteiger partial charge in [-0.15, -0.1) is 0 Å². The molecule has 0 spiro atoms. The molecular weight excluding hydrogens is 382 g/mol. The van der Waals surface area contributed by atoms with E-state index in [0.717, 1.165) is 42.0 Å². The van der Waals surface area contributed by atoms with Crippen LogP contribution in [0.1, 0.15) is 11.1 Å². The van der Waals surface area contributed by atoms with Crippen molar-refractivity contribution in [2.75, 3.05) is 20.6 Å². The number of nitrogens with zero attached hydrogens (tertiary/aromatic N) is 4. The molecule has 0 aliphatic carbocycles. The van der Waals surface area contributed by atoms with Crippen LogP contribution in [0.2, 0.25) is 0 Å². The smallest absolute Gasteiger partial charge is 0.0988 e. The zero-order chi connectivity index (χ0) is 21.5. The average Bonchev–Trinajstić information content (AvgIpc) is 3.24. The highest BCUT2D eigenvalue weighted by molar-refractivity contribution is 5.62. The SMILES string of the molecule is CN(C)[C@@H](CNCc1cn(-c2ccccc2)nc1-c1cccnc1)Cc1ccccc1. The van der Waals surface area contributed by atoms with Crippen LogP contribution in [0.3, 0.4) is 0 Å². The van der Waals surface area contributed by atoms with E-state index in [1.165, 1.54) is 5.56 Å². The quantitative estimate of drug-likeness (QED) is 0.448. The topological polar surface area (TPSA) is 46.0 Å². The zero-order valence-corrected chi connectivity index (χ0v) is 18.1. The maximum atomic E-state index is 4.88. The molecule has 0 radical (unpaired) electrons. The first-order chi connectivity index (χ1) is 15.2. The third-order valence-corrected chi connectivity index (χ3v) is 5.49. The molecule has 0 bridgehead atoms. The van der Waals surface area contributed by atoms with E-state index < -0.39 is 0 Å². The highest BCUT2D eigenvalue weighted by atomic mass is 15.3. The minimum Gasteiger partial charge on any atom is -0.311 e. The molecule has 0 aliphatic rings. The monoisotopic (exact) mass is 411 g/mol. The Morgan fingerprint density at radius 3 is 2.35 bits per heavy atom. The molecule has 5 heteroatoms. The summed E-state index contributed by atoms with van der Waals surface area (Å²) >= 11 is 0. The van der Waals surface area contributed by atoms with Gasteiger partial charge in [0.1, 0.15) is 0 Å². The summed E-state index contributed by atoms with van der Waals surface area (Å²) in [7, 11) is 4.29. The first kappa shape index (κ1) is 21.0. The number of benzene rings is 2. The minimum absolute atomic E-state index is 0.411. The molecule has 1 atom stereocenters. The van der Waals surface area contributed by atoms with Gasteiger partial charge >= 0.3 is 0 Å². The van der Waals surface area contributed by atoms with E-state index in [9.17, 15) is 0 Å². The highest BCUT2D eigenvalue weighted by Crippen LogP contribution is 2.23. The van der Waals surface area contributed by atoms with Crippen LogP contribution in [0.4, 0.5) is 0 Å². The molecule has 2 aromatic carbocycles. The largest absolute Gasteiger partial charge is 0.311 e. The highest BCUT2D eigenvalue weighted by Gasteiger charge is 2.15. The van der Waals surface area contributed by atoms with Crippen LogP contribution in [0.5, 0.6) is 0 Å². The number of nitrogens with one attached hydrogen (secondary N) is 1. The maximum absolute atomic E-state index is 4.88. The second-order valence-corrected chi connectivity index (χ2v) is 7.96. The van der Waals surface area contributed by atoms with Gasteiger partial charge in [0, 0.05) is 48.8 Å². The summed E-state index contributed by atoms with van der Waals surface area (Å²) in [5, 5.41) is 8.54. The van der Waals surface area contributed by atoms with Crippen LogP contribution < -0.4 is 5.32 Å². The van der Waals surface area contributed by atoms with Gasteiger partial charge in [0.25, 0.3) is 0 Å². The van der Waals surface area contributed by atoms with Gasteiger partial charge in [-0.3, -0.25) is 4.98 Å². The molecule has 31 heavy (non-hydrogen) atoms. The van der Waals surface area contributed by atoms with Gasteiger partial charge < -0.3 is 10.2 Å². The lowest BCUT2D eigenvalue weighted by molar-refractivity contribution is 0.281. The summed E-state index contributed by atoms with van der Waals surface area (Å²) in [5.74, 6) is 0. The predicted octanol–water partition coefficient (Wildman–Crippen LogP) is 4.20. The predicted molar refractivity (Wildman–Crippen MR) is 126 cm³/mol. The lowest BCUT2D eigenvalue weighted by atomic mass is 10.0. The van der Waals surface area contributed by atoms with Crippen molar-refractivity contribution in [2.24, 2.45) is 0 Å². The molecule has 4 aromatic rings. The van der Waals surface area contributed by atoms with Gasteiger partial charge in [0.15, 0.2) is 0 Å². The normalized spacial score (nSPS) is 12.2. The molecule has 158 valence electrons. The van der Waals surface area contributed by atoms with Crippen LogP contribution >= 0.6 is 0 Å². The van der Waals surface area contributed by atoms with Crippen LogP contribution in [-0.4, -0.2) is 46.3 Å². The number of rotatable bonds is 9. The number of para-hydroxylation sites is 1. The Balaban J connectivity index is 1.51. The molecular formula is C26H29N5. The van der Waals surface area contributed by atoms with Crippen molar-refractivity contribution >= 4 is 0 Å². The molecule has 2 heterocycles. The first-order valence-electron chi connectivity index (χ1n) is 10.7. The summed E-state index contributed by atoms with van der Waals surface area (Å²) in [4.78, 5) is 6.57. The van der Waals surface area contributed by atoms with E-state index in [1.54, 1.807) is 6.20 Å². The van der Waals surface area contributed by atoms with Crippen LogP contribution in [-0.2, 0) is 13.0 Å². The Morgan fingerprint density at radius 1 is 0.935 bits per heavy atom. The molecule has 0 fully saturated rings. The van der Waals surface area contributed by atoms with Crippen molar-refractivity contribution in [1.29, 1.82) is 0 Å². The summed E-state index contributed by atoms with van der Waals surface area (Å²) in [6, 6.07) is 25.3. The van der Waals surface area contributed by atoms with E-state index in [1.807, 2.05) is 35.1 Å². The standard InChI is InChI=1S/C26H29N5/c1-30(2)25(16-21-10-5-3-6-11-21)19-28-18-23-20-31(24-13-7-4-8-14-24)29-26(23)22-12-9-15-27-17-22/h3-15,17,20,25,28H,16,18-19H2,1-2H3/t25-/m1/s1. The lowest BCUT2D eigenvalue weighted by Crippen LogP contribution is -2.39. The fourth-order valence-corrected chi connectivity index (χ4v) is 3.69. The summed E-state index contributed by atoms with van der Waals surface area (Å²) in [6.07, 6.45) is 6.80. The maximum Gasteiger partial charge on any atom is 0.0988 e. The number of hydrogen-bond acceptors (Lipinski definition) is 4. The molecule has 0 saturated heterocycles. The number of pyridine rings is 1. The molecule has 0 saturated carbocycles. The second-order valence-electron chi connectivity index (χ2n) is 7.96. The molecule has 4 rings (SSSR count). The van der Waals surface area contributed by atoms with Gasteiger partial charge in [0.2, 0.25) is 0 Å². The Morgan fingerprint density at radius 2 is 1.68 bits per heavy atom. The van der Waals surface area contributed by atoms with E-state index in [-0.39, 0.29) is 0 Å². The minimum atomic E-state index is 0.411. The number of hydrogen-bond donors (Lipinski definition) is 1. The number of aromatic nitrogens is 3. The third-order valence-electron chi connectivity index (χ3n) is 5.49. The summed E-state index contributed by atoms with van der Waals surface area (Å²) in [5.41, 5.74) is 5.57. The van der Waals surface area contributed by atoms with Crippen molar-refractivity contribution < 1.29 is 0 Å². The van der Waals surface area contributed by atoms with Crippen LogP contribution in [0.25, 0.3) is 16.9 Å². The van der Waals surface area contributed by atoms with Crippen molar-refractivity contribution in [3.63, 3.8) is 0 Å². The Hall–Kier alpha value is -3.28. The van der Waals surface area contributed by atoms with Crippen molar-refractivity contribution in [1.82, 2.24) is 25.0 Å². The van der Waals surface area contributed by atoms with Gasteiger partial charge in [-0.1, -0.05) is 48.5 Å². The van der Waals surface area contributed by atoms with E-state index >= 15 is 0 Å². The van der Waals surface area contributed by atoms with Gasteiger partial charge in [-0.2, -0.15) is 5.10 Å². The molecule has 0 unspecified atom stereocenters. The summed E-state index contributed by atoms with van der Waals surface area (Å²) < 4.78 is 1.95. The van der Waals surface area contributed by atoms with E-state index in [4.69, 9.17) is 5.10 Å². The second kappa shape index (κ2) is 10.2. The molecule has 0 amide bonds. The molecule has 1 N–H and O–H groups in total. The number of likely N-dealkylation sites (N-methyl/N-ethyl adjacent to an activating group) is 1. The third kappa shape index (κ3) is 5.45. The fourth-order valence-electron chi connectivity index (χ4n) is 3.69. The van der Waals surface area contributed by atoms with E-state index in [2.05, 4.69) is 84.0 Å². The van der Waals surface area contributed by atoms with Gasteiger partial charge in [-0.05, 0) is 50.3 Å². The fraction of sp³-hybridized carbons (Fsp3) is 0.231. The van der Waals surface area contributed by atoms with Gasteiger partial charge in [-0.25, -0.2) is 4.68 Å². The van der Waals surface area contributed by atoms with Crippen LogP contribution in [0, 0.1) is 0 Å². The van der Waals surface area contributed by atoms with Crippen molar-refractivity contribution in [2.45, 2.75) is 19.0 Å². The Kier molecular flexibility index (Phi) is 6.87. The van der Waals surface area contributed by atoms with Crippen molar-refractivity contribution in [3.8, 4) is 16.9 Å². The van der Waals surface area contributed by atoms with Crippen LogP contribution in [0.15, 0.2) is 91.4 Å². The van der Waals surface area contributed by atoms with Crippen molar-refractivity contribution in [3.05, 3.63) is 103 Å². The molecule has 2 aromatic heterocycles.